The van der Waals surface area contributed by atoms with Crippen LogP contribution in [0.3, 0.4) is 0 Å². The summed E-state index contributed by atoms with van der Waals surface area (Å²) >= 11 is 0. The molecule has 1 heterocycles. The van der Waals surface area contributed by atoms with Gasteiger partial charge >= 0.3 is 0 Å². The average molecular weight is 440 g/mol. The van der Waals surface area contributed by atoms with Gasteiger partial charge in [0.25, 0.3) is 0 Å². The third kappa shape index (κ3) is 8.03. The van der Waals surface area contributed by atoms with E-state index in [0.717, 1.165) is 25.6 Å². The Morgan fingerprint density at radius 1 is 1.26 bits per heavy atom. The lowest BCUT2D eigenvalue weighted by molar-refractivity contribution is 0.0204. The Labute approximate surface area is 160 Å². The fourth-order valence-corrected chi connectivity index (χ4v) is 2.88. The van der Waals surface area contributed by atoms with Gasteiger partial charge in [-0.05, 0) is 32.1 Å². The third-order valence-electron chi connectivity index (χ3n) is 4.53. The Kier molecular flexibility index (Phi) is 10.7. The van der Waals surface area contributed by atoms with E-state index in [1.165, 1.54) is 12.8 Å². The smallest absolute Gasteiger partial charge is 0.191 e. The lowest BCUT2D eigenvalue weighted by Gasteiger charge is -2.36. The molecular formula is C17H37IN4O. The van der Waals surface area contributed by atoms with Gasteiger partial charge in [0.05, 0.1) is 6.10 Å². The molecule has 138 valence electrons. The molecule has 0 aliphatic carbocycles. The number of guanidine groups is 1. The molecule has 0 saturated carbocycles. The van der Waals surface area contributed by atoms with Crippen molar-refractivity contribution in [3.63, 3.8) is 0 Å². The number of halogens is 1. The second-order valence-corrected chi connectivity index (χ2v) is 7.59. The predicted octanol–water partition coefficient (Wildman–Crippen LogP) is 2.70. The second kappa shape index (κ2) is 10.7. The normalized spacial score (nSPS) is 19.4. The molecule has 1 fully saturated rings. The fourth-order valence-electron chi connectivity index (χ4n) is 2.88. The van der Waals surface area contributed by atoms with Gasteiger partial charge in [-0.25, -0.2) is 0 Å². The number of nitrogens with one attached hydrogen (secondary N) is 2. The van der Waals surface area contributed by atoms with Crippen molar-refractivity contribution in [1.29, 1.82) is 0 Å². The summed E-state index contributed by atoms with van der Waals surface area (Å²) in [6.07, 6.45) is 2.51. The topological polar surface area (TPSA) is 48.9 Å². The summed E-state index contributed by atoms with van der Waals surface area (Å²) in [5, 5.41) is 6.96. The minimum absolute atomic E-state index is 0. The first kappa shape index (κ1) is 22.9. The summed E-state index contributed by atoms with van der Waals surface area (Å²) in [7, 11) is 3.60. The van der Waals surface area contributed by atoms with Crippen molar-refractivity contribution in [3.05, 3.63) is 0 Å². The van der Waals surface area contributed by atoms with E-state index in [2.05, 4.69) is 55.1 Å². The molecule has 0 amide bonds. The first-order valence-electron chi connectivity index (χ1n) is 8.52. The van der Waals surface area contributed by atoms with Crippen LogP contribution in [0.15, 0.2) is 4.99 Å². The van der Waals surface area contributed by atoms with Crippen LogP contribution in [0.2, 0.25) is 0 Å². The molecule has 1 aliphatic heterocycles. The third-order valence-corrected chi connectivity index (χ3v) is 4.53. The van der Waals surface area contributed by atoms with E-state index < -0.39 is 0 Å². The van der Waals surface area contributed by atoms with Crippen molar-refractivity contribution in [1.82, 2.24) is 15.5 Å². The number of methoxy groups -OCH3 is 1. The van der Waals surface area contributed by atoms with Gasteiger partial charge in [0, 0.05) is 45.9 Å². The van der Waals surface area contributed by atoms with Crippen molar-refractivity contribution < 1.29 is 4.74 Å². The molecule has 0 spiro atoms. The van der Waals surface area contributed by atoms with E-state index in [-0.39, 0.29) is 35.5 Å². The van der Waals surface area contributed by atoms with Crippen LogP contribution in [0.1, 0.15) is 47.5 Å². The van der Waals surface area contributed by atoms with Gasteiger partial charge in [0.15, 0.2) is 5.96 Å². The molecule has 6 heteroatoms. The molecule has 1 atom stereocenters. The Balaban J connectivity index is 0.00000484. The molecule has 5 nitrogen and oxygen atoms in total. The number of hydrogen-bond acceptors (Lipinski definition) is 3. The number of piperidine rings is 1. The van der Waals surface area contributed by atoms with E-state index >= 15 is 0 Å². The summed E-state index contributed by atoms with van der Waals surface area (Å²) in [5.41, 5.74) is 0.114. The lowest BCUT2D eigenvalue weighted by Crippen LogP contribution is -2.51. The highest BCUT2D eigenvalue weighted by molar-refractivity contribution is 14.0. The van der Waals surface area contributed by atoms with Crippen molar-refractivity contribution >= 4 is 29.9 Å². The van der Waals surface area contributed by atoms with Gasteiger partial charge in [-0.2, -0.15) is 0 Å². The van der Waals surface area contributed by atoms with Crippen molar-refractivity contribution in [2.24, 2.45) is 10.4 Å². The van der Waals surface area contributed by atoms with Gasteiger partial charge < -0.3 is 20.3 Å². The molecule has 0 bridgehead atoms. The maximum absolute atomic E-state index is 5.59. The van der Waals surface area contributed by atoms with Crippen LogP contribution in [0.4, 0.5) is 0 Å². The number of ether oxygens (including phenoxy) is 1. The lowest BCUT2D eigenvalue weighted by atomic mass is 9.89. The zero-order valence-corrected chi connectivity index (χ0v) is 18.3. The summed E-state index contributed by atoms with van der Waals surface area (Å²) < 4.78 is 5.59. The first-order chi connectivity index (χ1) is 10.3. The molecule has 0 aromatic rings. The fraction of sp³-hybridized carbons (Fsp3) is 0.941. The molecule has 23 heavy (non-hydrogen) atoms. The van der Waals surface area contributed by atoms with E-state index in [0.29, 0.717) is 12.1 Å². The Bertz CT molecular complexity index is 347. The highest BCUT2D eigenvalue weighted by Crippen LogP contribution is 2.21. The van der Waals surface area contributed by atoms with Gasteiger partial charge in [-0.1, -0.05) is 20.8 Å². The molecule has 1 rings (SSSR count). The van der Waals surface area contributed by atoms with E-state index in [9.17, 15) is 0 Å². The maximum Gasteiger partial charge on any atom is 0.191 e. The molecule has 0 radical (unpaired) electrons. The van der Waals surface area contributed by atoms with Crippen LogP contribution in [0.25, 0.3) is 0 Å². The van der Waals surface area contributed by atoms with Gasteiger partial charge in [-0.3, -0.25) is 4.99 Å². The van der Waals surface area contributed by atoms with Gasteiger partial charge in [-0.15, -0.1) is 24.0 Å². The van der Waals surface area contributed by atoms with Crippen LogP contribution in [-0.2, 0) is 4.74 Å². The van der Waals surface area contributed by atoms with Gasteiger partial charge in [0.1, 0.15) is 0 Å². The molecule has 1 aliphatic rings. The molecule has 0 aromatic heterocycles. The quantitative estimate of drug-likeness (QED) is 0.392. The number of nitrogens with zero attached hydrogens (tertiary/aromatic N) is 2. The van der Waals surface area contributed by atoms with Crippen LogP contribution in [0.5, 0.6) is 0 Å². The SMILES string of the molecule is CN=C(NCC(OC)C(C)(C)C)NC1CCN(C(C)C)CC1.I. The first-order valence-corrected chi connectivity index (χ1v) is 8.52. The van der Waals surface area contributed by atoms with Crippen LogP contribution < -0.4 is 10.6 Å². The maximum atomic E-state index is 5.59. The summed E-state index contributed by atoms with van der Waals surface area (Å²) in [4.78, 5) is 6.89. The number of rotatable bonds is 5. The minimum atomic E-state index is 0. The standard InChI is InChI=1S/C17H36N4O.HI/c1-13(2)21-10-8-14(9-11-21)20-16(18-6)19-12-15(22-7)17(3,4)5;/h13-15H,8-12H2,1-7H3,(H2,18,19,20);1H. The van der Waals surface area contributed by atoms with Crippen molar-refractivity contribution in [2.75, 3.05) is 33.8 Å². The van der Waals surface area contributed by atoms with E-state index in [1.54, 1.807) is 7.11 Å². The van der Waals surface area contributed by atoms with Crippen LogP contribution >= 0.6 is 24.0 Å². The molecule has 1 saturated heterocycles. The highest BCUT2D eigenvalue weighted by atomic mass is 127. The summed E-state index contributed by atoms with van der Waals surface area (Å²) in [5.74, 6) is 0.884. The minimum Gasteiger partial charge on any atom is -0.379 e. The number of aliphatic imine (C=N–C) groups is 1. The van der Waals surface area contributed by atoms with Crippen LogP contribution in [0, 0.1) is 5.41 Å². The zero-order chi connectivity index (χ0) is 16.8. The molecule has 2 N–H and O–H groups in total. The van der Waals surface area contributed by atoms with Crippen molar-refractivity contribution in [2.45, 2.75) is 65.6 Å². The Hall–Kier alpha value is -0.0800. The zero-order valence-electron chi connectivity index (χ0n) is 16.0. The largest absolute Gasteiger partial charge is 0.379 e. The van der Waals surface area contributed by atoms with E-state index in [4.69, 9.17) is 4.74 Å². The van der Waals surface area contributed by atoms with E-state index in [1.807, 2.05) is 7.05 Å². The average Bonchev–Trinajstić information content (AvgIpc) is 2.45. The summed E-state index contributed by atoms with van der Waals surface area (Å²) in [6.45, 7) is 14.2. The predicted molar refractivity (Wildman–Crippen MR) is 110 cm³/mol. The van der Waals surface area contributed by atoms with Gasteiger partial charge in [0.2, 0.25) is 0 Å². The van der Waals surface area contributed by atoms with Crippen LogP contribution in [-0.4, -0.2) is 62.8 Å². The Morgan fingerprint density at radius 3 is 2.22 bits per heavy atom. The highest BCUT2D eigenvalue weighted by Gasteiger charge is 2.25. The second-order valence-electron chi connectivity index (χ2n) is 7.59. The summed E-state index contributed by atoms with van der Waals surface area (Å²) in [6, 6.07) is 1.16. The van der Waals surface area contributed by atoms with Crippen molar-refractivity contribution in [3.8, 4) is 0 Å². The molecular weight excluding hydrogens is 403 g/mol. The number of hydrogen-bond donors (Lipinski definition) is 2. The molecule has 1 unspecified atom stereocenters. The Morgan fingerprint density at radius 2 is 1.83 bits per heavy atom. The molecule has 0 aromatic carbocycles. The number of likely N-dealkylation sites (tertiary alicyclic amines) is 1. The monoisotopic (exact) mass is 440 g/mol.